The monoisotopic (exact) mass is 228 g/mol. The van der Waals surface area contributed by atoms with E-state index in [2.05, 4.69) is 51.6 Å². The number of allylic oxidation sites excluding steroid dienone is 1. The maximum Gasteiger partial charge on any atom is 0.0159 e. The Hall–Kier alpha value is -1.04. The van der Waals surface area contributed by atoms with Crippen LogP contribution >= 0.6 is 0 Å². The number of hydrogen-bond donors (Lipinski definition) is 0. The first-order valence-corrected chi connectivity index (χ1v) is 6.78. The van der Waals surface area contributed by atoms with Crippen LogP contribution < -0.4 is 0 Å². The molecular weight excluding hydrogens is 204 g/mol. The van der Waals surface area contributed by atoms with Crippen molar-refractivity contribution in [2.45, 2.75) is 51.9 Å². The Morgan fingerprint density at radius 2 is 1.82 bits per heavy atom. The highest BCUT2D eigenvalue weighted by Crippen LogP contribution is 2.46. The van der Waals surface area contributed by atoms with Gasteiger partial charge in [0.15, 0.2) is 0 Å². The third-order valence-electron chi connectivity index (χ3n) is 4.61. The first kappa shape index (κ1) is 12.4. The molecule has 0 unspecified atom stereocenters. The average Bonchev–Trinajstić information content (AvgIpc) is 2.31. The topological polar surface area (TPSA) is 0 Å². The largest absolute Gasteiger partial charge is 0.0992 e. The number of rotatable bonds is 2. The van der Waals surface area contributed by atoms with Crippen LogP contribution in [0.2, 0.25) is 0 Å². The molecule has 1 aliphatic rings. The first-order valence-electron chi connectivity index (χ1n) is 6.78. The summed E-state index contributed by atoms with van der Waals surface area (Å²) in [5.41, 5.74) is 4.53. The van der Waals surface area contributed by atoms with Crippen molar-refractivity contribution < 1.29 is 0 Å². The highest BCUT2D eigenvalue weighted by molar-refractivity contribution is 5.40. The van der Waals surface area contributed by atoms with Crippen LogP contribution in [0.1, 0.15) is 50.7 Å². The summed E-state index contributed by atoms with van der Waals surface area (Å²) in [6.45, 7) is 11.1. The van der Waals surface area contributed by atoms with Crippen molar-refractivity contribution in [1.29, 1.82) is 0 Å². The third-order valence-corrected chi connectivity index (χ3v) is 4.61. The molecule has 0 amide bonds. The van der Waals surface area contributed by atoms with E-state index in [-0.39, 0.29) is 5.41 Å². The van der Waals surface area contributed by atoms with Crippen molar-refractivity contribution in [1.82, 2.24) is 0 Å². The van der Waals surface area contributed by atoms with Crippen molar-refractivity contribution in [2.24, 2.45) is 5.92 Å². The van der Waals surface area contributed by atoms with Gasteiger partial charge < -0.3 is 0 Å². The highest BCUT2D eigenvalue weighted by Gasteiger charge is 2.37. The van der Waals surface area contributed by atoms with Gasteiger partial charge in [-0.1, -0.05) is 43.3 Å². The number of benzene rings is 1. The molecule has 0 aromatic heterocycles. The number of aryl methyl sites for hydroxylation is 1. The zero-order chi connectivity index (χ0) is 12.5. The van der Waals surface area contributed by atoms with Crippen molar-refractivity contribution >= 4 is 0 Å². The molecule has 0 radical (unpaired) electrons. The zero-order valence-electron chi connectivity index (χ0n) is 11.4. The average molecular weight is 228 g/mol. The molecule has 1 fully saturated rings. The van der Waals surface area contributed by atoms with Crippen LogP contribution in [-0.4, -0.2) is 0 Å². The Kier molecular flexibility index (Phi) is 3.42. The molecule has 1 aliphatic carbocycles. The van der Waals surface area contributed by atoms with E-state index in [1.54, 1.807) is 0 Å². The summed E-state index contributed by atoms with van der Waals surface area (Å²) in [6.07, 6.45) is 5.21. The van der Waals surface area contributed by atoms with Crippen LogP contribution in [0.5, 0.6) is 0 Å². The minimum atomic E-state index is 0.248. The van der Waals surface area contributed by atoms with Crippen LogP contribution in [0.4, 0.5) is 0 Å². The van der Waals surface area contributed by atoms with Crippen LogP contribution in [0, 0.1) is 12.8 Å². The molecule has 2 rings (SSSR count). The van der Waals surface area contributed by atoms with Crippen LogP contribution in [0.15, 0.2) is 36.4 Å². The Morgan fingerprint density at radius 1 is 1.24 bits per heavy atom. The second-order valence-electron chi connectivity index (χ2n) is 5.86. The predicted molar refractivity (Wildman–Crippen MR) is 75.3 cm³/mol. The van der Waals surface area contributed by atoms with Crippen molar-refractivity contribution in [3.63, 3.8) is 0 Å². The van der Waals surface area contributed by atoms with Gasteiger partial charge in [-0.3, -0.25) is 0 Å². The second-order valence-corrected chi connectivity index (χ2v) is 5.86. The fraction of sp³-hybridized carbons (Fsp3) is 0.529. The Morgan fingerprint density at radius 3 is 2.35 bits per heavy atom. The SMILES string of the molecule is C=C(C)C1(c2ccccc2C)CCC(C)CC1. The summed E-state index contributed by atoms with van der Waals surface area (Å²) in [5, 5.41) is 0. The zero-order valence-corrected chi connectivity index (χ0v) is 11.4. The van der Waals surface area contributed by atoms with Crippen molar-refractivity contribution in [2.75, 3.05) is 0 Å². The maximum atomic E-state index is 4.29. The quantitative estimate of drug-likeness (QED) is 0.623. The van der Waals surface area contributed by atoms with E-state index in [1.807, 2.05) is 0 Å². The van der Waals surface area contributed by atoms with Crippen molar-refractivity contribution in [3.05, 3.63) is 47.5 Å². The standard InChI is InChI=1S/C17H24/c1-13(2)17(11-9-14(3)10-12-17)16-8-6-5-7-15(16)4/h5-8,14H,1,9-12H2,2-4H3. The molecule has 0 heterocycles. The third kappa shape index (κ3) is 2.18. The summed E-state index contributed by atoms with van der Waals surface area (Å²) in [7, 11) is 0. The van der Waals surface area contributed by atoms with Gasteiger partial charge in [-0.2, -0.15) is 0 Å². The van der Waals surface area contributed by atoms with Gasteiger partial charge >= 0.3 is 0 Å². The minimum absolute atomic E-state index is 0.248. The van der Waals surface area contributed by atoms with Gasteiger partial charge in [0.1, 0.15) is 0 Å². The van der Waals surface area contributed by atoms with E-state index < -0.39 is 0 Å². The molecule has 0 spiro atoms. The van der Waals surface area contributed by atoms with Gasteiger partial charge in [-0.25, -0.2) is 0 Å². The highest BCUT2D eigenvalue weighted by atomic mass is 14.4. The molecule has 0 aliphatic heterocycles. The fourth-order valence-corrected chi connectivity index (χ4v) is 3.29. The summed E-state index contributed by atoms with van der Waals surface area (Å²) in [6, 6.07) is 8.85. The van der Waals surface area contributed by atoms with Crippen LogP contribution in [-0.2, 0) is 5.41 Å². The van der Waals surface area contributed by atoms with E-state index in [0.29, 0.717) is 0 Å². The van der Waals surface area contributed by atoms with E-state index >= 15 is 0 Å². The Labute approximate surface area is 106 Å². The lowest BCUT2D eigenvalue weighted by Gasteiger charge is -2.41. The molecule has 0 bridgehead atoms. The summed E-state index contributed by atoms with van der Waals surface area (Å²) >= 11 is 0. The van der Waals surface area contributed by atoms with Gasteiger partial charge in [-0.05, 0) is 56.6 Å². The normalized spacial score (nSPS) is 29.0. The number of hydrogen-bond acceptors (Lipinski definition) is 0. The van der Waals surface area contributed by atoms with Gasteiger partial charge in [0, 0.05) is 5.41 Å². The smallest absolute Gasteiger partial charge is 0.0159 e. The van der Waals surface area contributed by atoms with Gasteiger partial charge in [0.05, 0.1) is 0 Å². The van der Waals surface area contributed by atoms with Gasteiger partial charge in [0.25, 0.3) is 0 Å². The van der Waals surface area contributed by atoms with Crippen LogP contribution in [0.3, 0.4) is 0 Å². The summed E-state index contributed by atoms with van der Waals surface area (Å²) < 4.78 is 0. The fourth-order valence-electron chi connectivity index (χ4n) is 3.29. The molecule has 0 atom stereocenters. The first-order chi connectivity index (χ1) is 8.06. The predicted octanol–water partition coefficient (Wildman–Crippen LogP) is 5.02. The lowest BCUT2D eigenvalue weighted by molar-refractivity contribution is 0.276. The van der Waals surface area contributed by atoms with Crippen molar-refractivity contribution in [3.8, 4) is 0 Å². The molecule has 17 heavy (non-hydrogen) atoms. The van der Waals surface area contributed by atoms with Gasteiger partial charge in [0.2, 0.25) is 0 Å². The van der Waals surface area contributed by atoms with E-state index in [4.69, 9.17) is 0 Å². The maximum absolute atomic E-state index is 4.29. The molecule has 1 aromatic rings. The van der Waals surface area contributed by atoms with Gasteiger partial charge in [-0.15, -0.1) is 0 Å². The summed E-state index contributed by atoms with van der Waals surface area (Å²) in [5.74, 6) is 0.881. The molecule has 92 valence electrons. The van der Waals surface area contributed by atoms with Crippen LogP contribution in [0.25, 0.3) is 0 Å². The molecule has 0 nitrogen and oxygen atoms in total. The molecule has 0 heteroatoms. The Balaban J connectivity index is 2.42. The van der Waals surface area contributed by atoms with E-state index in [9.17, 15) is 0 Å². The summed E-state index contributed by atoms with van der Waals surface area (Å²) in [4.78, 5) is 0. The minimum Gasteiger partial charge on any atom is -0.0992 e. The molecular formula is C17H24. The van der Waals surface area contributed by atoms with E-state index in [1.165, 1.54) is 42.4 Å². The second kappa shape index (κ2) is 4.68. The molecule has 1 aromatic carbocycles. The lowest BCUT2D eigenvalue weighted by atomic mass is 9.63. The van der Waals surface area contributed by atoms with E-state index in [0.717, 1.165) is 5.92 Å². The Bertz CT molecular complexity index is 406. The molecule has 0 saturated heterocycles. The molecule has 0 N–H and O–H groups in total. The lowest BCUT2D eigenvalue weighted by Crippen LogP contribution is -2.33. The molecule has 1 saturated carbocycles.